The van der Waals surface area contributed by atoms with Gasteiger partial charge in [0.15, 0.2) is 11.5 Å². The van der Waals surface area contributed by atoms with E-state index >= 15 is 0 Å². The molecule has 1 aromatic rings. The van der Waals surface area contributed by atoms with Crippen LogP contribution in [0.3, 0.4) is 0 Å². The maximum atomic E-state index is 5.75. The van der Waals surface area contributed by atoms with Gasteiger partial charge in [0, 0.05) is 12.6 Å². The Morgan fingerprint density at radius 3 is 2.25 bits per heavy atom. The number of nitrogens with zero attached hydrogens (tertiary/aromatic N) is 1. The van der Waals surface area contributed by atoms with Crippen molar-refractivity contribution >= 4 is 0 Å². The van der Waals surface area contributed by atoms with Crippen molar-refractivity contribution in [3.05, 3.63) is 23.8 Å². The number of likely N-dealkylation sites (N-methyl/N-ethyl adjacent to an activating group) is 1. The van der Waals surface area contributed by atoms with Crippen LogP contribution in [0.1, 0.15) is 11.6 Å². The molecule has 4 nitrogen and oxygen atoms in total. The molecule has 0 radical (unpaired) electrons. The van der Waals surface area contributed by atoms with E-state index in [1.165, 1.54) is 0 Å². The summed E-state index contributed by atoms with van der Waals surface area (Å²) in [5.41, 5.74) is 6.88. The Kier molecular flexibility index (Phi) is 4.58. The summed E-state index contributed by atoms with van der Waals surface area (Å²) in [6.45, 7) is 0.572. The summed E-state index contributed by atoms with van der Waals surface area (Å²) in [4.78, 5) is 2.08. The molecule has 1 atom stereocenters. The molecular weight excluding hydrogens is 204 g/mol. The fourth-order valence-corrected chi connectivity index (χ4v) is 1.71. The van der Waals surface area contributed by atoms with Crippen molar-refractivity contribution in [3.63, 3.8) is 0 Å². The van der Waals surface area contributed by atoms with Gasteiger partial charge in [-0.05, 0) is 31.8 Å². The van der Waals surface area contributed by atoms with E-state index in [9.17, 15) is 0 Å². The van der Waals surface area contributed by atoms with Crippen molar-refractivity contribution in [3.8, 4) is 11.5 Å². The van der Waals surface area contributed by atoms with Crippen LogP contribution in [0, 0.1) is 0 Å². The second kappa shape index (κ2) is 5.72. The molecule has 1 rings (SSSR count). The maximum absolute atomic E-state index is 5.75. The molecule has 0 aromatic heterocycles. The lowest BCUT2D eigenvalue weighted by Gasteiger charge is -2.23. The average molecular weight is 224 g/mol. The lowest BCUT2D eigenvalue weighted by Crippen LogP contribution is -2.27. The quantitative estimate of drug-likeness (QED) is 0.818. The number of benzene rings is 1. The molecule has 0 fully saturated rings. The highest BCUT2D eigenvalue weighted by atomic mass is 16.5. The highest BCUT2D eigenvalue weighted by Crippen LogP contribution is 2.30. The van der Waals surface area contributed by atoms with Crippen LogP contribution < -0.4 is 15.2 Å². The van der Waals surface area contributed by atoms with Crippen molar-refractivity contribution in [2.24, 2.45) is 5.73 Å². The number of ether oxygens (including phenoxy) is 2. The van der Waals surface area contributed by atoms with Gasteiger partial charge in [-0.25, -0.2) is 0 Å². The molecule has 0 unspecified atom stereocenters. The SMILES string of the molecule is COc1ccc([C@H](CN)N(C)C)cc1OC. The van der Waals surface area contributed by atoms with Gasteiger partial charge in [-0.2, -0.15) is 0 Å². The maximum Gasteiger partial charge on any atom is 0.161 e. The summed E-state index contributed by atoms with van der Waals surface area (Å²) in [6, 6.07) is 6.08. The Morgan fingerprint density at radius 1 is 1.19 bits per heavy atom. The third kappa shape index (κ3) is 2.65. The predicted molar refractivity (Wildman–Crippen MR) is 65.0 cm³/mol. The van der Waals surface area contributed by atoms with Gasteiger partial charge < -0.3 is 20.1 Å². The molecule has 0 aliphatic heterocycles. The Labute approximate surface area is 96.9 Å². The molecule has 0 saturated heterocycles. The summed E-state index contributed by atoms with van der Waals surface area (Å²) in [5, 5.41) is 0. The molecule has 0 aliphatic rings. The first kappa shape index (κ1) is 12.8. The normalized spacial score (nSPS) is 12.6. The molecule has 0 aliphatic carbocycles. The van der Waals surface area contributed by atoms with E-state index in [0.717, 1.165) is 17.1 Å². The number of hydrogen-bond donors (Lipinski definition) is 1. The van der Waals surface area contributed by atoms with Crippen LogP contribution in [0.2, 0.25) is 0 Å². The van der Waals surface area contributed by atoms with Crippen LogP contribution in [0.5, 0.6) is 11.5 Å². The first-order valence-corrected chi connectivity index (χ1v) is 5.22. The monoisotopic (exact) mass is 224 g/mol. The zero-order valence-corrected chi connectivity index (χ0v) is 10.4. The third-order valence-electron chi connectivity index (χ3n) is 2.64. The minimum Gasteiger partial charge on any atom is -0.493 e. The molecule has 0 amide bonds. The second-order valence-corrected chi connectivity index (χ2v) is 3.83. The number of nitrogens with two attached hydrogens (primary N) is 1. The first-order valence-electron chi connectivity index (χ1n) is 5.22. The van der Waals surface area contributed by atoms with Crippen molar-refractivity contribution in [1.29, 1.82) is 0 Å². The predicted octanol–water partition coefficient (Wildman–Crippen LogP) is 1.27. The molecule has 16 heavy (non-hydrogen) atoms. The van der Waals surface area contributed by atoms with E-state index in [4.69, 9.17) is 15.2 Å². The summed E-state index contributed by atoms with van der Waals surface area (Å²) in [7, 11) is 7.28. The zero-order valence-electron chi connectivity index (χ0n) is 10.4. The standard InChI is InChI=1S/C12H20N2O2/c1-14(2)10(8-13)9-5-6-11(15-3)12(7-9)16-4/h5-7,10H,8,13H2,1-4H3/t10-/m0/s1. The van der Waals surface area contributed by atoms with E-state index in [2.05, 4.69) is 4.90 Å². The molecular formula is C12H20N2O2. The van der Waals surface area contributed by atoms with Crippen LogP contribution in [0.25, 0.3) is 0 Å². The van der Waals surface area contributed by atoms with E-state index in [-0.39, 0.29) is 6.04 Å². The van der Waals surface area contributed by atoms with E-state index in [0.29, 0.717) is 6.54 Å². The van der Waals surface area contributed by atoms with Gasteiger partial charge in [0.1, 0.15) is 0 Å². The fraction of sp³-hybridized carbons (Fsp3) is 0.500. The Balaban J connectivity index is 3.06. The molecule has 0 spiro atoms. The topological polar surface area (TPSA) is 47.7 Å². The Bertz CT molecular complexity index is 340. The molecule has 0 heterocycles. The van der Waals surface area contributed by atoms with Gasteiger partial charge >= 0.3 is 0 Å². The van der Waals surface area contributed by atoms with Gasteiger partial charge in [0.2, 0.25) is 0 Å². The smallest absolute Gasteiger partial charge is 0.161 e. The lowest BCUT2D eigenvalue weighted by molar-refractivity contribution is 0.303. The van der Waals surface area contributed by atoms with Gasteiger partial charge in [-0.1, -0.05) is 6.07 Å². The largest absolute Gasteiger partial charge is 0.493 e. The van der Waals surface area contributed by atoms with Crippen LogP contribution in [0.15, 0.2) is 18.2 Å². The molecule has 4 heteroatoms. The minimum atomic E-state index is 0.194. The van der Waals surface area contributed by atoms with Crippen molar-refractivity contribution in [1.82, 2.24) is 4.90 Å². The van der Waals surface area contributed by atoms with Gasteiger partial charge in [0.05, 0.1) is 14.2 Å². The Hall–Kier alpha value is -1.26. The molecule has 0 saturated carbocycles. The molecule has 90 valence electrons. The zero-order chi connectivity index (χ0) is 12.1. The van der Waals surface area contributed by atoms with Crippen LogP contribution in [-0.2, 0) is 0 Å². The minimum absolute atomic E-state index is 0.194. The van der Waals surface area contributed by atoms with Gasteiger partial charge in [0.25, 0.3) is 0 Å². The third-order valence-corrected chi connectivity index (χ3v) is 2.64. The molecule has 2 N–H and O–H groups in total. The second-order valence-electron chi connectivity index (χ2n) is 3.83. The highest BCUT2D eigenvalue weighted by molar-refractivity contribution is 5.43. The fourth-order valence-electron chi connectivity index (χ4n) is 1.71. The number of rotatable bonds is 5. The Morgan fingerprint density at radius 2 is 1.81 bits per heavy atom. The summed E-state index contributed by atoms with van der Waals surface area (Å²) in [5.74, 6) is 1.47. The van der Waals surface area contributed by atoms with E-state index in [1.807, 2.05) is 32.3 Å². The van der Waals surface area contributed by atoms with Crippen LogP contribution >= 0.6 is 0 Å². The molecule has 0 bridgehead atoms. The average Bonchev–Trinajstić information content (AvgIpc) is 2.29. The van der Waals surface area contributed by atoms with E-state index in [1.54, 1.807) is 14.2 Å². The van der Waals surface area contributed by atoms with Crippen molar-refractivity contribution in [2.45, 2.75) is 6.04 Å². The summed E-state index contributed by atoms with van der Waals surface area (Å²) in [6.07, 6.45) is 0. The van der Waals surface area contributed by atoms with E-state index < -0.39 is 0 Å². The van der Waals surface area contributed by atoms with Gasteiger partial charge in [-0.15, -0.1) is 0 Å². The highest BCUT2D eigenvalue weighted by Gasteiger charge is 2.14. The van der Waals surface area contributed by atoms with Crippen molar-refractivity contribution < 1.29 is 9.47 Å². The first-order chi connectivity index (χ1) is 7.63. The van der Waals surface area contributed by atoms with Crippen LogP contribution in [0.4, 0.5) is 0 Å². The number of hydrogen-bond acceptors (Lipinski definition) is 4. The van der Waals surface area contributed by atoms with Gasteiger partial charge in [-0.3, -0.25) is 0 Å². The van der Waals surface area contributed by atoms with Crippen molar-refractivity contribution in [2.75, 3.05) is 34.9 Å². The lowest BCUT2D eigenvalue weighted by atomic mass is 10.1. The summed E-state index contributed by atoms with van der Waals surface area (Å²) >= 11 is 0. The number of methoxy groups -OCH3 is 2. The molecule has 1 aromatic carbocycles. The summed E-state index contributed by atoms with van der Waals surface area (Å²) < 4.78 is 10.5. The van der Waals surface area contributed by atoms with Crippen LogP contribution in [-0.4, -0.2) is 39.8 Å².